The Hall–Kier alpha value is -2.56. The highest BCUT2D eigenvalue weighted by molar-refractivity contribution is 5.78. The van der Waals surface area contributed by atoms with E-state index in [9.17, 15) is 9.59 Å². The lowest BCUT2D eigenvalue weighted by molar-refractivity contribution is -0.120. The summed E-state index contributed by atoms with van der Waals surface area (Å²) in [5, 5.41) is 2.85. The van der Waals surface area contributed by atoms with E-state index in [-0.39, 0.29) is 17.8 Å². The van der Waals surface area contributed by atoms with Gasteiger partial charge in [-0.25, -0.2) is 0 Å². The number of amides is 1. The van der Waals surface area contributed by atoms with Gasteiger partial charge in [-0.3, -0.25) is 9.59 Å². The maximum atomic E-state index is 12.3. The molecular formula is C18H20N2O3. The summed E-state index contributed by atoms with van der Waals surface area (Å²) in [7, 11) is 1.61. The van der Waals surface area contributed by atoms with Crippen molar-refractivity contribution in [3.05, 3.63) is 63.1 Å². The molecule has 0 fully saturated rings. The molecule has 0 aliphatic heterocycles. The first kappa shape index (κ1) is 15.3. The van der Waals surface area contributed by atoms with Crippen LogP contribution in [0.1, 0.15) is 28.8 Å². The molecule has 1 aromatic heterocycles. The number of pyridine rings is 1. The minimum absolute atomic E-state index is 0.0211. The Labute approximate surface area is 134 Å². The van der Waals surface area contributed by atoms with Crippen molar-refractivity contribution >= 4 is 5.91 Å². The molecule has 1 aromatic carbocycles. The van der Waals surface area contributed by atoms with Gasteiger partial charge in [0.2, 0.25) is 5.91 Å². The Kier molecular flexibility index (Phi) is 4.46. The number of hydrogen-bond acceptors (Lipinski definition) is 3. The van der Waals surface area contributed by atoms with Gasteiger partial charge in [0, 0.05) is 29.6 Å². The number of H-pyrrole nitrogens is 1. The number of fused-ring (bicyclic) bond motifs is 1. The van der Waals surface area contributed by atoms with E-state index in [1.807, 2.05) is 24.3 Å². The van der Waals surface area contributed by atoms with E-state index in [0.717, 1.165) is 41.8 Å². The molecule has 1 aliphatic carbocycles. The number of aromatic amines is 1. The van der Waals surface area contributed by atoms with E-state index in [1.165, 1.54) is 0 Å². The fourth-order valence-electron chi connectivity index (χ4n) is 2.94. The van der Waals surface area contributed by atoms with E-state index in [0.29, 0.717) is 12.1 Å². The maximum Gasteiger partial charge on any atom is 0.224 e. The largest absolute Gasteiger partial charge is 0.497 e. The second-order valence-corrected chi connectivity index (χ2v) is 5.76. The van der Waals surface area contributed by atoms with Crippen LogP contribution in [0.4, 0.5) is 0 Å². The van der Waals surface area contributed by atoms with Crippen molar-refractivity contribution in [2.75, 3.05) is 7.11 Å². The Bertz CT molecular complexity index is 780. The standard InChI is InChI=1S/C18H20N2O3/c1-23-14-5-2-4-12(8-14)10-20-17(21)9-13-11-19-16-7-3-6-15(16)18(13)22/h2,4-5,8,11H,3,6-7,9-10H2,1H3,(H,19,22)(H,20,21). The van der Waals surface area contributed by atoms with Crippen LogP contribution in [-0.2, 0) is 30.6 Å². The zero-order chi connectivity index (χ0) is 16.2. The minimum Gasteiger partial charge on any atom is -0.497 e. The number of nitrogens with one attached hydrogen (secondary N) is 2. The highest BCUT2D eigenvalue weighted by Crippen LogP contribution is 2.16. The van der Waals surface area contributed by atoms with E-state index >= 15 is 0 Å². The molecule has 0 atom stereocenters. The topological polar surface area (TPSA) is 71.2 Å². The van der Waals surface area contributed by atoms with Crippen LogP contribution in [0.3, 0.4) is 0 Å². The molecule has 5 heteroatoms. The molecule has 1 amide bonds. The molecule has 23 heavy (non-hydrogen) atoms. The summed E-state index contributed by atoms with van der Waals surface area (Å²) in [5.74, 6) is 0.600. The van der Waals surface area contributed by atoms with Crippen LogP contribution >= 0.6 is 0 Å². The number of aromatic nitrogens is 1. The van der Waals surface area contributed by atoms with Crippen LogP contribution in [-0.4, -0.2) is 18.0 Å². The highest BCUT2D eigenvalue weighted by atomic mass is 16.5. The van der Waals surface area contributed by atoms with Crippen molar-refractivity contribution in [2.45, 2.75) is 32.2 Å². The first-order valence-corrected chi connectivity index (χ1v) is 7.79. The summed E-state index contributed by atoms with van der Waals surface area (Å²) in [6.45, 7) is 0.416. The highest BCUT2D eigenvalue weighted by Gasteiger charge is 2.17. The van der Waals surface area contributed by atoms with Gasteiger partial charge in [-0.15, -0.1) is 0 Å². The van der Waals surface area contributed by atoms with Crippen molar-refractivity contribution in [2.24, 2.45) is 0 Å². The molecule has 0 spiro atoms. The number of carbonyl (C=O) groups excluding carboxylic acids is 1. The number of rotatable bonds is 5. The van der Waals surface area contributed by atoms with Crippen LogP contribution in [0.15, 0.2) is 35.3 Å². The molecular weight excluding hydrogens is 292 g/mol. The predicted molar refractivity (Wildman–Crippen MR) is 87.6 cm³/mol. The molecule has 2 aromatic rings. The molecule has 0 radical (unpaired) electrons. The van der Waals surface area contributed by atoms with Gasteiger partial charge >= 0.3 is 0 Å². The normalized spacial score (nSPS) is 12.7. The Morgan fingerprint density at radius 3 is 3.04 bits per heavy atom. The molecule has 0 unspecified atom stereocenters. The number of ether oxygens (including phenoxy) is 1. The van der Waals surface area contributed by atoms with Crippen LogP contribution in [0, 0.1) is 0 Å². The smallest absolute Gasteiger partial charge is 0.224 e. The predicted octanol–water partition coefficient (Wildman–Crippen LogP) is 1.73. The van der Waals surface area contributed by atoms with Gasteiger partial charge in [-0.2, -0.15) is 0 Å². The summed E-state index contributed by atoms with van der Waals surface area (Å²) < 4.78 is 5.16. The molecule has 1 heterocycles. The van der Waals surface area contributed by atoms with Crippen LogP contribution in [0.5, 0.6) is 5.75 Å². The lowest BCUT2D eigenvalue weighted by atomic mass is 10.1. The van der Waals surface area contributed by atoms with Crippen LogP contribution < -0.4 is 15.5 Å². The molecule has 0 bridgehead atoms. The summed E-state index contributed by atoms with van der Waals surface area (Å²) >= 11 is 0. The lowest BCUT2D eigenvalue weighted by Gasteiger charge is -2.08. The maximum absolute atomic E-state index is 12.3. The van der Waals surface area contributed by atoms with E-state index < -0.39 is 0 Å². The average molecular weight is 312 g/mol. The van der Waals surface area contributed by atoms with Gasteiger partial charge in [-0.1, -0.05) is 12.1 Å². The summed E-state index contributed by atoms with van der Waals surface area (Å²) in [5.41, 5.74) is 3.39. The number of carbonyl (C=O) groups is 1. The number of hydrogen-bond donors (Lipinski definition) is 2. The van der Waals surface area contributed by atoms with Gasteiger partial charge in [0.05, 0.1) is 13.5 Å². The Morgan fingerprint density at radius 1 is 1.35 bits per heavy atom. The third-order valence-corrected chi connectivity index (χ3v) is 4.18. The van der Waals surface area contributed by atoms with Crippen molar-refractivity contribution in [3.63, 3.8) is 0 Å². The number of methoxy groups -OCH3 is 1. The monoisotopic (exact) mass is 312 g/mol. The van der Waals surface area contributed by atoms with Crippen molar-refractivity contribution in [1.29, 1.82) is 0 Å². The van der Waals surface area contributed by atoms with Gasteiger partial charge in [0.15, 0.2) is 5.43 Å². The Morgan fingerprint density at radius 2 is 2.22 bits per heavy atom. The van der Waals surface area contributed by atoms with Crippen LogP contribution in [0.25, 0.3) is 0 Å². The third kappa shape index (κ3) is 3.44. The first-order chi connectivity index (χ1) is 11.2. The van der Waals surface area contributed by atoms with Gasteiger partial charge in [-0.05, 0) is 37.0 Å². The van der Waals surface area contributed by atoms with Gasteiger partial charge < -0.3 is 15.0 Å². The third-order valence-electron chi connectivity index (χ3n) is 4.18. The summed E-state index contributed by atoms with van der Waals surface area (Å²) in [6.07, 6.45) is 4.52. The second kappa shape index (κ2) is 6.69. The SMILES string of the molecule is COc1cccc(CNC(=O)Cc2c[nH]c3c(c2=O)CCC3)c1. The Balaban J connectivity index is 1.63. The fraction of sp³-hybridized carbons (Fsp3) is 0.333. The number of benzene rings is 1. The molecule has 2 N–H and O–H groups in total. The quantitative estimate of drug-likeness (QED) is 0.883. The lowest BCUT2D eigenvalue weighted by Crippen LogP contribution is -2.28. The fourth-order valence-corrected chi connectivity index (χ4v) is 2.94. The average Bonchev–Trinajstić information content (AvgIpc) is 3.05. The van der Waals surface area contributed by atoms with Crippen molar-refractivity contribution in [1.82, 2.24) is 10.3 Å². The zero-order valence-corrected chi connectivity index (χ0v) is 13.1. The molecule has 0 saturated heterocycles. The molecule has 1 aliphatic rings. The summed E-state index contributed by atoms with van der Waals surface area (Å²) in [4.78, 5) is 27.6. The van der Waals surface area contributed by atoms with Crippen molar-refractivity contribution < 1.29 is 9.53 Å². The zero-order valence-electron chi connectivity index (χ0n) is 13.1. The number of aryl methyl sites for hydroxylation is 1. The minimum atomic E-state index is -0.156. The molecule has 0 saturated carbocycles. The first-order valence-electron chi connectivity index (χ1n) is 7.79. The van der Waals surface area contributed by atoms with E-state index in [4.69, 9.17) is 4.74 Å². The van der Waals surface area contributed by atoms with Gasteiger partial charge in [0.25, 0.3) is 0 Å². The van der Waals surface area contributed by atoms with Gasteiger partial charge in [0.1, 0.15) is 5.75 Å². The molecule has 5 nitrogen and oxygen atoms in total. The van der Waals surface area contributed by atoms with Crippen molar-refractivity contribution in [3.8, 4) is 5.75 Å². The van der Waals surface area contributed by atoms with E-state index in [1.54, 1.807) is 13.3 Å². The second-order valence-electron chi connectivity index (χ2n) is 5.76. The summed E-state index contributed by atoms with van der Waals surface area (Å²) in [6, 6.07) is 7.54. The molecule has 3 rings (SSSR count). The molecule has 120 valence electrons. The van der Waals surface area contributed by atoms with E-state index in [2.05, 4.69) is 10.3 Å². The van der Waals surface area contributed by atoms with Crippen LogP contribution in [0.2, 0.25) is 0 Å².